The Hall–Kier alpha value is -1.40. The Kier molecular flexibility index (Phi) is 3.99. The molecule has 112 valence electrons. The number of likely N-dealkylation sites (N-methyl/N-ethyl adjacent to an activating group) is 1. The van der Waals surface area contributed by atoms with Gasteiger partial charge in [0.25, 0.3) is 0 Å². The van der Waals surface area contributed by atoms with E-state index in [0.29, 0.717) is 6.54 Å². The Balaban J connectivity index is 1.76. The summed E-state index contributed by atoms with van der Waals surface area (Å²) in [7, 11) is 3.86. The first kappa shape index (κ1) is 14.5. The number of aromatic nitrogens is 2. The fraction of sp³-hybridized carbons (Fsp3) is 0.400. The maximum absolute atomic E-state index is 14.0. The molecular formula is C15H18BrFN4. The van der Waals surface area contributed by atoms with Crippen LogP contribution in [0.5, 0.6) is 0 Å². The third-order valence-corrected chi connectivity index (χ3v) is 4.36. The van der Waals surface area contributed by atoms with E-state index in [2.05, 4.69) is 25.8 Å². The summed E-state index contributed by atoms with van der Waals surface area (Å²) in [6.45, 7) is 1.18. The van der Waals surface area contributed by atoms with Crippen molar-refractivity contribution in [1.82, 2.24) is 14.5 Å². The number of anilines is 1. The van der Waals surface area contributed by atoms with Crippen LogP contribution in [0.25, 0.3) is 5.69 Å². The monoisotopic (exact) mass is 352 g/mol. The molecule has 0 radical (unpaired) electrons. The van der Waals surface area contributed by atoms with Crippen molar-refractivity contribution in [2.45, 2.75) is 12.2 Å². The zero-order chi connectivity index (χ0) is 15.0. The van der Waals surface area contributed by atoms with Gasteiger partial charge < -0.3 is 14.4 Å². The van der Waals surface area contributed by atoms with Crippen LogP contribution in [0.1, 0.15) is 0 Å². The molecule has 0 saturated carbocycles. The molecular weight excluding hydrogens is 335 g/mol. The van der Waals surface area contributed by atoms with Crippen molar-refractivity contribution in [3.8, 4) is 5.69 Å². The van der Waals surface area contributed by atoms with Crippen LogP contribution in [-0.2, 0) is 0 Å². The SMILES string of the molecule is CN(C)[C@H]1CN(c2ccc(-n3cnc(Br)c3)cc2)C[C@@H]1F. The lowest BCUT2D eigenvalue weighted by Gasteiger charge is -2.21. The van der Waals surface area contributed by atoms with E-state index in [1.54, 1.807) is 6.33 Å². The van der Waals surface area contributed by atoms with Gasteiger partial charge in [-0.15, -0.1) is 0 Å². The second-order valence-electron chi connectivity index (χ2n) is 5.57. The lowest BCUT2D eigenvalue weighted by Crippen LogP contribution is -2.36. The van der Waals surface area contributed by atoms with E-state index in [4.69, 9.17) is 0 Å². The highest BCUT2D eigenvalue weighted by Crippen LogP contribution is 2.25. The normalized spacial score (nSPS) is 22.2. The molecule has 3 rings (SSSR count). The quantitative estimate of drug-likeness (QED) is 0.848. The smallest absolute Gasteiger partial charge is 0.135 e. The van der Waals surface area contributed by atoms with E-state index in [1.807, 2.05) is 54.0 Å². The van der Waals surface area contributed by atoms with Gasteiger partial charge in [-0.25, -0.2) is 9.37 Å². The lowest BCUT2D eigenvalue weighted by molar-refractivity contribution is 0.202. The zero-order valence-electron chi connectivity index (χ0n) is 12.1. The molecule has 0 aliphatic carbocycles. The molecule has 1 aromatic heterocycles. The molecule has 21 heavy (non-hydrogen) atoms. The van der Waals surface area contributed by atoms with Gasteiger partial charge >= 0.3 is 0 Å². The topological polar surface area (TPSA) is 24.3 Å². The van der Waals surface area contributed by atoms with Crippen LogP contribution in [0.15, 0.2) is 41.4 Å². The molecule has 1 aliphatic heterocycles. The number of rotatable bonds is 3. The summed E-state index contributed by atoms with van der Waals surface area (Å²) in [6.07, 6.45) is 2.86. The highest BCUT2D eigenvalue weighted by atomic mass is 79.9. The minimum absolute atomic E-state index is 0.0331. The van der Waals surface area contributed by atoms with Gasteiger partial charge in [-0.1, -0.05) is 0 Å². The predicted molar refractivity (Wildman–Crippen MR) is 85.8 cm³/mol. The molecule has 1 aliphatic rings. The Bertz CT molecular complexity index is 610. The summed E-state index contributed by atoms with van der Waals surface area (Å²) in [5.41, 5.74) is 2.10. The highest BCUT2D eigenvalue weighted by molar-refractivity contribution is 9.10. The van der Waals surface area contributed by atoms with Crippen LogP contribution in [0.2, 0.25) is 0 Å². The molecule has 2 atom stereocenters. The highest BCUT2D eigenvalue weighted by Gasteiger charge is 2.34. The molecule has 2 aromatic rings. The largest absolute Gasteiger partial charge is 0.367 e. The zero-order valence-corrected chi connectivity index (χ0v) is 13.7. The van der Waals surface area contributed by atoms with Crippen molar-refractivity contribution < 1.29 is 4.39 Å². The Morgan fingerprint density at radius 1 is 1.19 bits per heavy atom. The van der Waals surface area contributed by atoms with Gasteiger partial charge in [0.05, 0.1) is 12.6 Å². The summed E-state index contributed by atoms with van der Waals surface area (Å²) >= 11 is 3.34. The average Bonchev–Trinajstić information content (AvgIpc) is 3.05. The first-order chi connectivity index (χ1) is 10.0. The van der Waals surface area contributed by atoms with E-state index in [9.17, 15) is 4.39 Å². The van der Waals surface area contributed by atoms with Crippen molar-refractivity contribution >= 4 is 21.6 Å². The molecule has 4 nitrogen and oxygen atoms in total. The average molecular weight is 353 g/mol. The second-order valence-corrected chi connectivity index (χ2v) is 6.38. The lowest BCUT2D eigenvalue weighted by atomic mass is 10.2. The molecule has 0 unspecified atom stereocenters. The van der Waals surface area contributed by atoms with Crippen molar-refractivity contribution in [1.29, 1.82) is 0 Å². The van der Waals surface area contributed by atoms with E-state index < -0.39 is 6.17 Å². The molecule has 6 heteroatoms. The molecule has 2 heterocycles. The molecule has 0 N–H and O–H groups in total. The first-order valence-electron chi connectivity index (χ1n) is 6.90. The van der Waals surface area contributed by atoms with E-state index in [1.165, 1.54) is 0 Å². The number of hydrogen-bond acceptors (Lipinski definition) is 3. The molecule has 1 fully saturated rings. The summed E-state index contributed by atoms with van der Waals surface area (Å²) < 4.78 is 16.8. The molecule has 0 amide bonds. The van der Waals surface area contributed by atoms with Crippen LogP contribution < -0.4 is 4.90 Å². The summed E-state index contributed by atoms with van der Waals surface area (Å²) in [5, 5.41) is 0. The summed E-state index contributed by atoms with van der Waals surface area (Å²) in [4.78, 5) is 8.21. The van der Waals surface area contributed by atoms with Crippen molar-refractivity contribution in [2.75, 3.05) is 32.1 Å². The minimum Gasteiger partial charge on any atom is -0.367 e. The molecule has 0 bridgehead atoms. The van der Waals surface area contributed by atoms with Gasteiger partial charge in [0.15, 0.2) is 0 Å². The maximum atomic E-state index is 14.0. The maximum Gasteiger partial charge on any atom is 0.135 e. The number of imidazole rings is 1. The molecule has 0 spiro atoms. The van der Waals surface area contributed by atoms with Gasteiger partial charge in [0, 0.05) is 24.1 Å². The standard InChI is InChI=1S/C15H18BrFN4/c1-19(2)14-8-20(7-13(14)17)11-3-5-12(6-4-11)21-9-15(16)18-10-21/h3-6,9-10,13-14H,7-8H2,1-2H3/t13-,14-/m0/s1. The fourth-order valence-corrected chi connectivity index (χ4v) is 3.03. The van der Waals surface area contributed by atoms with E-state index in [0.717, 1.165) is 22.5 Å². The fourth-order valence-electron chi connectivity index (χ4n) is 2.72. The second kappa shape index (κ2) is 5.77. The van der Waals surface area contributed by atoms with Gasteiger partial charge in [0.2, 0.25) is 0 Å². The molecule has 1 saturated heterocycles. The number of hydrogen-bond donors (Lipinski definition) is 0. The summed E-state index contributed by atoms with van der Waals surface area (Å²) in [6, 6.07) is 8.09. The third-order valence-electron chi connectivity index (χ3n) is 3.95. The minimum atomic E-state index is -0.802. The Labute approximate surface area is 132 Å². The number of benzene rings is 1. The van der Waals surface area contributed by atoms with Crippen LogP contribution in [0.4, 0.5) is 10.1 Å². The number of halogens is 2. The Morgan fingerprint density at radius 2 is 1.86 bits per heavy atom. The van der Waals surface area contributed by atoms with Crippen LogP contribution in [0.3, 0.4) is 0 Å². The van der Waals surface area contributed by atoms with E-state index in [-0.39, 0.29) is 6.04 Å². The Morgan fingerprint density at radius 3 is 2.38 bits per heavy atom. The number of nitrogens with zero attached hydrogens (tertiary/aromatic N) is 4. The van der Waals surface area contributed by atoms with Gasteiger partial charge in [-0.05, 0) is 54.3 Å². The van der Waals surface area contributed by atoms with Crippen LogP contribution >= 0.6 is 15.9 Å². The van der Waals surface area contributed by atoms with Crippen molar-refractivity contribution in [3.05, 3.63) is 41.4 Å². The van der Waals surface area contributed by atoms with Gasteiger partial charge in [-0.3, -0.25) is 0 Å². The van der Waals surface area contributed by atoms with Crippen molar-refractivity contribution in [3.63, 3.8) is 0 Å². The van der Waals surface area contributed by atoms with Crippen LogP contribution in [-0.4, -0.2) is 53.8 Å². The van der Waals surface area contributed by atoms with Crippen molar-refractivity contribution in [2.24, 2.45) is 0 Å². The first-order valence-corrected chi connectivity index (χ1v) is 7.69. The van der Waals surface area contributed by atoms with Gasteiger partial charge in [0.1, 0.15) is 17.1 Å². The van der Waals surface area contributed by atoms with Gasteiger partial charge in [-0.2, -0.15) is 0 Å². The number of alkyl halides is 1. The van der Waals surface area contributed by atoms with Crippen LogP contribution in [0, 0.1) is 0 Å². The summed E-state index contributed by atoms with van der Waals surface area (Å²) in [5.74, 6) is 0. The molecule has 1 aromatic carbocycles. The van der Waals surface area contributed by atoms with E-state index >= 15 is 0 Å². The third kappa shape index (κ3) is 2.96. The predicted octanol–water partition coefficient (Wildman–Crippen LogP) is 2.72.